The van der Waals surface area contributed by atoms with E-state index in [2.05, 4.69) is 0 Å². The standard InChI is InChI=1S/C25H42O4S/c1-2-30(28)22-16-14-12-10-8-6-4-3-5-7-9-11-13-15-21-29-24-19-17-23(18-20-24)25(26)27/h17-20H,2-16,21-22H2,1H3,(H,26,27). The summed E-state index contributed by atoms with van der Waals surface area (Å²) in [4.78, 5) is 10.8. The van der Waals surface area contributed by atoms with Crippen molar-refractivity contribution in [1.29, 1.82) is 0 Å². The third-order valence-corrected chi connectivity index (χ3v) is 6.85. The predicted molar refractivity (Wildman–Crippen MR) is 127 cm³/mol. The number of carboxylic acid groups (broad SMARTS) is 1. The molecule has 0 radical (unpaired) electrons. The third kappa shape index (κ3) is 14.6. The first kappa shape index (κ1) is 26.7. The minimum Gasteiger partial charge on any atom is -0.494 e. The molecule has 0 heterocycles. The van der Waals surface area contributed by atoms with E-state index in [1.807, 2.05) is 6.92 Å². The van der Waals surface area contributed by atoms with Crippen LogP contribution in [0.25, 0.3) is 0 Å². The molecular weight excluding hydrogens is 396 g/mol. The smallest absolute Gasteiger partial charge is 0.335 e. The molecule has 0 aliphatic carbocycles. The van der Waals surface area contributed by atoms with Crippen molar-refractivity contribution in [3.8, 4) is 5.75 Å². The number of aromatic carboxylic acids is 1. The fourth-order valence-corrected chi connectivity index (χ4v) is 4.33. The fraction of sp³-hybridized carbons (Fsp3) is 0.720. The number of hydrogen-bond donors (Lipinski definition) is 1. The Morgan fingerprint density at radius 1 is 0.767 bits per heavy atom. The van der Waals surface area contributed by atoms with E-state index in [4.69, 9.17) is 9.84 Å². The molecule has 1 N–H and O–H groups in total. The summed E-state index contributed by atoms with van der Waals surface area (Å²) in [5.41, 5.74) is 0.292. The summed E-state index contributed by atoms with van der Waals surface area (Å²) in [6.45, 7) is 2.70. The van der Waals surface area contributed by atoms with Crippen molar-refractivity contribution in [3.05, 3.63) is 29.8 Å². The number of benzene rings is 1. The normalized spacial score (nSPS) is 12.0. The first-order valence-corrected chi connectivity index (χ1v) is 13.4. The van der Waals surface area contributed by atoms with Crippen LogP contribution in [-0.2, 0) is 10.8 Å². The van der Waals surface area contributed by atoms with E-state index in [1.165, 1.54) is 77.0 Å². The molecule has 4 nitrogen and oxygen atoms in total. The summed E-state index contributed by atoms with van der Waals surface area (Å²) < 4.78 is 17.0. The molecule has 30 heavy (non-hydrogen) atoms. The van der Waals surface area contributed by atoms with E-state index in [-0.39, 0.29) is 0 Å². The van der Waals surface area contributed by atoms with Crippen molar-refractivity contribution in [1.82, 2.24) is 0 Å². The number of carboxylic acids is 1. The van der Waals surface area contributed by atoms with Crippen LogP contribution >= 0.6 is 0 Å². The van der Waals surface area contributed by atoms with Gasteiger partial charge in [0.1, 0.15) is 5.75 Å². The molecule has 5 heteroatoms. The monoisotopic (exact) mass is 438 g/mol. The van der Waals surface area contributed by atoms with Crippen LogP contribution in [0.1, 0.15) is 107 Å². The highest BCUT2D eigenvalue weighted by Crippen LogP contribution is 2.15. The van der Waals surface area contributed by atoms with Crippen molar-refractivity contribution in [2.45, 2.75) is 96.8 Å². The third-order valence-electron chi connectivity index (χ3n) is 5.46. The van der Waals surface area contributed by atoms with E-state index in [0.29, 0.717) is 12.2 Å². The van der Waals surface area contributed by atoms with Gasteiger partial charge in [-0.15, -0.1) is 0 Å². The molecule has 0 amide bonds. The maximum atomic E-state index is 11.3. The van der Waals surface area contributed by atoms with Gasteiger partial charge >= 0.3 is 5.97 Å². The van der Waals surface area contributed by atoms with Crippen LogP contribution in [0, 0.1) is 0 Å². The lowest BCUT2D eigenvalue weighted by Gasteiger charge is -2.06. The van der Waals surface area contributed by atoms with E-state index in [0.717, 1.165) is 30.1 Å². The number of ether oxygens (including phenoxy) is 1. The van der Waals surface area contributed by atoms with Crippen molar-refractivity contribution in [2.75, 3.05) is 18.1 Å². The number of hydrogen-bond acceptors (Lipinski definition) is 3. The van der Waals surface area contributed by atoms with Gasteiger partial charge in [-0.2, -0.15) is 0 Å². The van der Waals surface area contributed by atoms with Crippen LogP contribution in [0.2, 0.25) is 0 Å². The highest BCUT2D eigenvalue weighted by molar-refractivity contribution is 7.84. The van der Waals surface area contributed by atoms with Crippen LogP contribution in [0.15, 0.2) is 24.3 Å². The van der Waals surface area contributed by atoms with Crippen molar-refractivity contribution < 1.29 is 18.8 Å². The van der Waals surface area contributed by atoms with Crippen LogP contribution in [0.3, 0.4) is 0 Å². The average molecular weight is 439 g/mol. The van der Waals surface area contributed by atoms with Gasteiger partial charge in [0, 0.05) is 22.3 Å². The second-order valence-electron chi connectivity index (χ2n) is 8.06. The summed E-state index contributed by atoms with van der Waals surface area (Å²) in [6.07, 6.45) is 18.0. The Morgan fingerprint density at radius 2 is 1.20 bits per heavy atom. The van der Waals surface area contributed by atoms with E-state index in [9.17, 15) is 9.00 Å². The molecular formula is C25H42O4S. The first-order chi connectivity index (χ1) is 14.6. The first-order valence-electron chi connectivity index (χ1n) is 11.9. The molecule has 0 spiro atoms. The molecule has 1 rings (SSSR count). The molecule has 172 valence electrons. The van der Waals surface area contributed by atoms with Crippen molar-refractivity contribution >= 4 is 16.8 Å². The maximum Gasteiger partial charge on any atom is 0.335 e. The summed E-state index contributed by atoms with van der Waals surface area (Å²) in [5, 5.41) is 8.87. The SMILES string of the molecule is CCS(=O)CCCCCCCCCCCCCCCCOc1ccc(C(=O)O)cc1. The number of rotatable bonds is 20. The van der Waals surface area contributed by atoms with Gasteiger partial charge in [0.05, 0.1) is 12.2 Å². The zero-order chi connectivity index (χ0) is 21.9. The second-order valence-corrected chi connectivity index (χ2v) is 9.93. The average Bonchev–Trinajstić information content (AvgIpc) is 2.75. The van der Waals surface area contributed by atoms with Gasteiger partial charge in [-0.25, -0.2) is 4.79 Å². The molecule has 0 saturated heterocycles. The molecule has 1 atom stereocenters. The molecule has 1 unspecified atom stereocenters. The van der Waals surface area contributed by atoms with Gasteiger partial charge in [-0.3, -0.25) is 4.21 Å². The zero-order valence-electron chi connectivity index (χ0n) is 18.9. The lowest BCUT2D eigenvalue weighted by Crippen LogP contribution is -1.99. The summed E-state index contributed by atoms with van der Waals surface area (Å²) in [6, 6.07) is 6.60. The van der Waals surface area contributed by atoms with Crippen LogP contribution in [0.5, 0.6) is 5.75 Å². The molecule has 0 aliphatic heterocycles. The van der Waals surface area contributed by atoms with Crippen molar-refractivity contribution in [3.63, 3.8) is 0 Å². The second kappa shape index (κ2) is 18.4. The lowest BCUT2D eigenvalue weighted by atomic mass is 10.0. The van der Waals surface area contributed by atoms with Gasteiger partial charge in [-0.05, 0) is 37.1 Å². The van der Waals surface area contributed by atoms with Gasteiger partial charge in [-0.1, -0.05) is 84.0 Å². The van der Waals surface area contributed by atoms with E-state index >= 15 is 0 Å². The summed E-state index contributed by atoms with van der Waals surface area (Å²) in [7, 11) is -0.577. The van der Waals surface area contributed by atoms with Crippen molar-refractivity contribution in [2.24, 2.45) is 0 Å². The molecule has 0 bridgehead atoms. The highest BCUT2D eigenvalue weighted by Gasteiger charge is 2.02. The Kier molecular flexibility index (Phi) is 16.4. The molecule has 0 aliphatic rings. The highest BCUT2D eigenvalue weighted by atomic mass is 32.2. The van der Waals surface area contributed by atoms with Crippen LogP contribution in [0.4, 0.5) is 0 Å². The Morgan fingerprint density at radius 3 is 1.63 bits per heavy atom. The molecule has 1 aromatic carbocycles. The van der Waals surface area contributed by atoms with Gasteiger partial charge in [0.15, 0.2) is 0 Å². The summed E-state index contributed by atoms with van der Waals surface area (Å²) >= 11 is 0. The summed E-state index contributed by atoms with van der Waals surface area (Å²) in [5.74, 6) is 1.54. The molecule has 0 fully saturated rings. The topological polar surface area (TPSA) is 63.6 Å². The largest absolute Gasteiger partial charge is 0.494 e. The molecule has 0 saturated carbocycles. The Labute approximate surface area is 186 Å². The van der Waals surface area contributed by atoms with Crippen LogP contribution < -0.4 is 4.74 Å². The maximum absolute atomic E-state index is 11.3. The Bertz CT molecular complexity index is 571. The molecule has 1 aromatic rings. The van der Waals surface area contributed by atoms with Crippen LogP contribution in [-0.4, -0.2) is 33.4 Å². The molecule has 0 aromatic heterocycles. The predicted octanol–water partition coefficient (Wildman–Crippen LogP) is 6.99. The number of carbonyl (C=O) groups is 1. The Hall–Kier alpha value is -1.36. The quantitative estimate of drug-likeness (QED) is 0.223. The minimum absolute atomic E-state index is 0.292. The van der Waals surface area contributed by atoms with Gasteiger partial charge < -0.3 is 9.84 Å². The van der Waals surface area contributed by atoms with Gasteiger partial charge in [0.2, 0.25) is 0 Å². The Balaban J connectivity index is 1.78. The van der Waals surface area contributed by atoms with E-state index in [1.54, 1.807) is 24.3 Å². The fourth-order valence-electron chi connectivity index (χ4n) is 3.51. The van der Waals surface area contributed by atoms with E-state index < -0.39 is 16.8 Å². The lowest BCUT2D eigenvalue weighted by molar-refractivity contribution is 0.0697. The zero-order valence-corrected chi connectivity index (χ0v) is 19.7. The minimum atomic E-state index is -0.907. The number of unbranched alkanes of at least 4 members (excludes halogenated alkanes) is 13. The van der Waals surface area contributed by atoms with Gasteiger partial charge in [0.25, 0.3) is 0 Å².